The van der Waals surface area contributed by atoms with Crippen LogP contribution in [0.4, 0.5) is 5.69 Å². The summed E-state index contributed by atoms with van der Waals surface area (Å²) in [5, 5.41) is 6.73. The predicted molar refractivity (Wildman–Crippen MR) is 119 cm³/mol. The lowest BCUT2D eigenvalue weighted by Gasteiger charge is -2.14. The maximum atomic E-state index is 6.46. The predicted octanol–water partition coefficient (Wildman–Crippen LogP) is 7.34. The minimum absolute atomic E-state index is 0.405. The van der Waals surface area contributed by atoms with Gasteiger partial charge in [0.2, 0.25) is 0 Å². The van der Waals surface area contributed by atoms with Crippen LogP contribution in [0.25, 0.3) is 10.8 Å². The van der Waals surface area contributed by atoms with Gasteiger partial charge in [0.1, 0.15) is 6.61 Å². The first kappa shape index (κ1) is 18.7. The molecule has 2 nitrogen and oxygen atoms in total. The van der Waals surface area contributed by atoms with Crippen LogP contribution in [0.3, 0.4) is 0 Å². The third kappa shape index (κ3) is 4.24. The Hall–Kier alpha value is -2.68. The molecule has 0 unspecified atom stereocenters. The average molecular weight is 408 g/mol. The maximum absolute atomic E-state index is 6.46. The lowest BCUT2D eigenvalue weighted by atomic mass is 10.1. The molecule has 1 N–H and O–H groups in total. The Bertz CT molecular complexity index is 1070. The number of nitrogens with one attached hydrogen (secondary N) is 1. The van der Waals surface area contributed by atoms with Crippen molar-refractivity contribution in [2.45, 2.75) is 13.2 Å². The van der Waals surface area contributed by atoms with Crippen molar-refractivity contribution in [3.8, 4) is 5.75 Å². The van der Waals surface area contributed by atoms with E-state index in [9.17, 15) is 0 Å². The summed E-state index contributed by atoms with van der Waals surface area (Å²) in [4.78, 5) is 0. The van der Waals surface area contributed by atoms with Gasteiger partial charge in [0.15, 0.2) is 5.75 Å². The van der Waals surface area contributed by atoms with Gasteiger partial charge in [-0.05, 0) is 46.2 Å². The molecular formula is C24H19Cl2NO. The molecule has 0 bridgehead atoms. The number of halogens is 2. The van der Waals surface area contributed by atoms with Gasteiger partial charge in [-0.15, -0.1) is 0 Å². The largest absolute Gasteiger partial charge is 0.486 e. The third-order valence-electron chi connectivity index (χ3n) is 4.58. The molecule has 0 amide bonds. The molecule has 4 rings (SSSR count). The fourth-order valence-corrected chi connectivity index (χ4v) is 3.82. The molecular weight excluding hydrogens is 389 g/mol. The highest BCUT2D eigenvalue weighted by molar-refractivity contribution is 6.37. The van der Waals surface area contributed by atoms with E-state index in [0.717, 1.165) is 16.8 Å². The molecule has 4 aromatic rings. The molecule has 0 spiro atoms. The Morgan fingerprint density at radius 1 is 0.750 bits per heavy atom. The lowest BCUT2D eigenvalue weighted by molar-refractivity contribution is 0.308. The maximum Gasteiger partial charge on any atom is 0.156 e. The molecule has 0 aliphatic rings. The Labute approximate surface area is 174 Å². The molecule has 0 saturated heterocycles. The average Bonchev–Trinajstić information content (AvgIpc) is 2.72. The molecule has 4 aromatic carbocycles. The first-order valence-electron chi connectivity index (χ1n) is 9.07. The zero-order valence-electron chi connectivity index (χ0n) is 15.2. The highest BCUT2D eigenvalue weighted by atomic mass is 35.5. The van der Waals surface area contributed by atoms with Crippen molar-refractivity contribution in [2.75, 3.05) is 5.32 Å². The van der Waals surface area contributed by atoms with Crippen LogP contribution >= 0.6 is 23.2 Å². The minimum atomic E-state index is 0.405. The van der Waals surface area contributed by atoms with E-state index in [1.165, 1.54) is 10.8 Å². The van der Waals surface area contributed by atoms with Crippen LogP contribution in [0.1, 0.15) is 11.1 Å². The van der Waals surface area contributed by atoms with Crippen molar-refractivity contribution in [3.63, 3.8) is 0 Å². The number of hydrogen-bond donors (Lipinski definition) is 1. The first-order valence-corrected chi connectivity index (χ1v) is 9.82. The van der Waals surface area contributed by atoms with E-state index in [4.69, 9.17) is 27.9 Å². The summed E-state index contributed by atoms with van der Waals surface area (Å²) < 4.78 is 6.00. The fourth-order valence-electron chi connectivity index (χ4n) is 3.18. The number of benzene rings is 4. The van der Waals surface area contributed by atoms with Crippen molar-refractivity contribution in [3.05, 3.63) is 106 Å². The zero-order valence-corrected chi connectivity index (χ0v) is 16.7. The summed E-state index contributed by atoms with van der Waals surface area (Å²) in [5.41, 5.74) is 3.14. The van der Waals surface area contributed by atoms with E-state index in [1.807, 2.05) is 60.7 Å². The standard InChI is InChI=1S/C24H19Cl2NO/c25-22-13-17(15-27-20-10-2-1-3-11-20)14-23(26)24(22)28-16-19-9-6-8-18-7-4-5-12-21(18)19/h1-14,27H,15-16H2. The minimum Gasteiger partial charge on any atom is -0.486 e. The van der Waals surface area contributed by atoms with Gasteiger partial charge < -0.3 is 10.1 Å². The first-order chi connectivity index (χ1) is 13.7. The van der Waals surface area contributed by atoms with Crippen molar-refractivity contribution in [1.29, 1.82) is 0 Å². The van der Waals surface area contributed by atoms with Crippen LogP contribution < -0.4 is 10.1 Å². The molecule has 0 saturated carbocycles. The highest BCUT2D eigenvalue weighted by Crippen LogP contribution is 2.35. The number of ether oxygens (including phenoxy) is 1. The number of hydrogen-bond acceptors (Lipinski definition) is 2. The third-order valence-corrected chi connectivity index (χ3v) is 5.14. The lowest BCUT2D eigenvalue weighted by Crippen LogP contribution is -2.01. The molecule has 0 atom stereocenters. The molecule has 28 heavy (non-hydrogen) atoms. The highest BCUT2D eigenvalue weighted by Gasteiger charge is 2.11. The van der Waals surface area contributed by atoms with Gasteiger partial charge in [-0.2, -0.15) is 0 Å². The van der Waals surface area contributed by atoms with Crippen LogP contribution in [0.2, 0.25) is 10.0 Å². The van der Waals surface area contributed by atoms with E-state index in [0.29, 0.717) is 28.9 Å². The second-order valence-corrected chi connectivity index (χ2v) is 7.35. The summed E-state index contributed by atoms with van der Waals surface area (Å²) in [6.45, 7) is 1.04. The Morgan fingerprint density at radius 3 is 2.21 bits per heavy atom. The molecule has 0 heterocycles. The SMILES string of the molecule is Clc1cc(CNc2ccccc2)cc(Cl)c1OCc1cccc2ccccc12. The number of rotatable bonds is 6. The van der Waals surface area contributed by atoms with E-state index in [2.05, 4.69) is 29.6 Å². The van der Waals surface area contributed by atoms with Crippen LogP contribution in [-0.4, -0.2) is 0 Å². The zero-order chi connectivity index (χ0) is 19.3. The topological polar surface area (TPSA) is 21.3 Å². The van der Waals surface area contributed by atoms with Gasteiger partial charge >= 0.3 is 0 Å². The van der Waals surface area contributed by atoms with Crippen molar-refractivity contribution in [2.24, 2.45) is 0 Å². The van der Waals surface area contributed by atoms with E-state index in [-0.39, 0.29) is 0 Å². The Kier molecular flexibility index (Phi) is 5.70. The summed E-state index contributed by atoms with van der Waals surface area (Å²) >= 11 is 12.9. The Morgan fingerprint density at radius 2 is 1.43 bits per heavy atom. The van der Waals surface area contributed by atoms with Crippen LogP contribution in [0, 0.1) is 0 Å². The number of para-hydroxylation sites is 1. The summed E-state index contributed by atoms with van der Waals surface area (Å²) in [5.74, 6) is 0.514. The van der Waals surface area contributed by atoms with Gasteiger partial charge in [-0.3, -0.25) is 0 Å². The number of fused-ring (bicyclic) bond motifs is 1. The van der Waals surface area contributed by atoms with Gasteiger partial charge in [-0.1, -0.05) is 83.9 Å². The summed E-state index contributed by atoms with van der Waals surface area (Å²) in [6.07, 6.45) is 0. The van der Waals surface area contributed by atoms with E-state index >= 15 is 0 Å². The monoisotopic (exact) mass is 407 g/mol. The molecule has 4 heteroatoms. The second-order valence-electron chi connectivity index (χ2n) is 6.54. The normalized spacial score (nSPS) is 10.8. The quantitative estimate of drug-likeness (QED) is 0.360. The van der Waals surface area contributed by atoms with Crippen LogP contribution in [0.5, 0.6) is 5.75 Å². The van der Waals surface area contributed by atoms with Gasteiger partial charge in [-0.25, -0.2) is 0 Å². The Balaban J connectivity index is 1.49. The molecule has 0 aliphatic heterocycles. The summed E-state index contributed by atoms with van der Waals surface area (Å²) in [6, 6.07) is 28.2. The van der Waals surface area contributed by atoms with Crippen molar-refractivity contribution in [1.82, 2.24) is 0 Å². The van der Waals surface area contributed by atoms with Crippen LogP contribution in [-0.2, 0) is 13.2 Å². The van der Waals surface area contributed by atoms with E-state index < -0.39 is 0 Å². The summed E-state index contributed by atoms with van der Waals surface area (Å²) in [7, 11) is 0. The van der Waals surface area contributed by atoms with E-state index in [1.54, 1.807) is 0 Å². The second kappa shape index (κ2) is 8.55. The molecule has 140 valence electrons. The number of anilines is 1. The van der Waals surface area contributed by atoms with Gasteiger partial charge in [0.05, 0.1) is 10.0 Å². The van der Waals surface area contributed by atoms with Crippen LogP contribution in [0.15, 0.2) is 84.9 Å². The van der Waals surface area contributed by atoms with Gasteiger partial charge in [0, 0.05) is 12.2 Å². The van der Waals surface area contributed by atoms with Crippen molar-refractivity contribution < 1.29 is 4.74 Å². The smallest absolute Gasteiger partial charge is 0.156 e. The van der Waals surface area contributed by atoms with Crippen molar-refractivity contribution >= 4 is 39.7 Å². The molecule has 0 aliphatic carbocycles. The molecule has 0 fully saturated rings. The fraction of sp³-hybridized carbons (Fsp3) is 0.0833. The molecule has 0 radical (unpaired) electrons. The van der Waals surface area contributed by atoms with Gasteiger partial charge in [0.25, 0.3) is 0 Å². The molecule has 0 aromatic heterocycles.